The lowest BCUT2D eigenvalue weighted by Gasteiger charge is -2.36. The standard InChI is InChI=1S/C102H84N4O18/c1-59(2)99(113)117-51-47-65-31-39-73(40-32-65)121-81-55-77-85-78(96(110)103(95(77)109)63(9)93(107)105(69-23-15-11-16-24-69)70-25-17-12-18-26-70)57-83(123-75-43-35-67(36-44-75)49-53-119-101(115)61(5)6)89-90-84(124-76-45-37-68(38-46-76)50-54-120-102(116)62(7)8)58-80-86-79(97(111)104(98(80)112)64(10)94(108)106(71-27-19-13-20-28-71)72-29-21-14-22-30-72)56-82(88(92(86)90)87(81)91(85)89)122-74-41-33-66(34-42-74)48-52-118-100(114)60(3)4/h11-46,55-58,63-64H,1,3,5,7,47-54H2,2,4,6,8-10H3. The highest BCUT2D eigenvalue weighted by Gasteiger charge is 2.47. The molecule has 2 aliphatic heterocycles. The van der Waals surface area contributed by atoms with E-state index in [0.717, 1.165) is 32.1 Å². The summed E-state index contributed by atoms with van der Waals surface area (Å²) in [6.07, 6.45) is 1.13. The molecule has 6 amide bonds. The molecule has 124 heavy (non-hydrogen) atoms. The molecule has 13 aromatic carbocycles. The molecule has 2 unspecified atom stereocenters. The monoisotopic (exact) mass is 1650 g/mol. The van der Waals surface area contributed by atoms with Crippen molar-refractivity contribution in [2.75, 3.05) is 36.2 Å². The van der Waals surface area contributed by atoms with Gasteiger partial charge in [0.15, 0.2) is 0 Å². The van der Waals surface area contributed by atoms with Crippen molar-refractivity contribution in [3.63, 3.8) is 0 Å². The molecule has 0 bridgehead atoms. The molecule has 22 heteroatoms. The smallest absolute Gasteiger partial charge is 0.333 e. The lowest BCUT2D eigenvalue weighted by molar-refractivity contribution is -0.139. The van der Waals surface area contributed by atoms with Crippen LogP contribution in [-0.4, -0.2) is 108 Å². The van der Waals surface area contributed by atoms with Crippen molar-refractivity contribution in [2.24, 2.45) is 0 Å². The van der Waals surface area contributed by atoms with Crippen molar-refractivity contribution in [3.05, 3.63) is 336 Å². The van der Waals surface area contributed by atoms with E-state index in [0.29, 0.717) is 22.7 Å². The molecular weight excluding hydrogens is 1570 g/mol. The number of benzene rings is 13. The Morgan fingerprint density at radius 1 is 0.290 bits per heavy atom. The lowest BCUT2D eigenvalue weighted by Crippen LogP contribution is -2.52. The first-order chi connectivity index (χ1) is 59.8. The van der Waals surface area contributed by atoms with Crippen LogP contribution in [0.1, 0.15) is 105 Å². The number of nitrogens with zero attached hydrogens (tertiary/aromatic N) is 4. The number of amides is 6. The fourth-order valence-corrected chi connectivity index (χ4v) is 15.2. The van der Waals surface area contributed by atoms with Crippen LogP contribution in [0.2, 0.25) is 0 Å². The number of carbonyl (C=O) groups is 10. The third-order valence-corrected chi connectivity index (χ3v) is 21.4. The van der Waals surface area contributed by atoms with Crippen LogP contribution < -0.4 is 28.7 Å². The van der Waals surface area contributed by atoms with Gasteiger partial charge in [0.25, 0.3) is 35.4 Å². The van der Waals surface area contributed by atoms with Crippen LogP contribution in [0.3, 0.4) is 0 Å². The normalized spacial score (nSPS) is 12.7. The molecule has 2 atom stereocenters. The van der Waals surface area contributed by atoms with Gasteiger partial charge in [-0.25, -0.2) is 19.2 Å². The summed E-state index contributed by atoms with van der Waals surface area (Å²) in [5.41, 5.74) is 5.08. The van der Waals surface area contributed by atoms with E-state index in [9.17, 15) is 19.2 Å². The van der Waals surface area contributed by atoms with Crippen molar-refractivity contribution >= 4 is 125 Å². The second kappa shape index (κ2) is 35.8. The van der Waals surface area contributed by atoms with Crippen LogP contribution in [0.5, 0.6) is 46.0 Å². The van der Waals surface area contributed by atoms with E-state index in [1.807, 2.05) is 0 Å². The number of rotatable bonds is 32. The van der Waals surface area contributed by atoms with E-state index >= 15 is 28.8 Å². The Morgan fingerprint density at radius 3 is 0.685 bits per heavy atom. The zero-order chi connectivity index (χ0) is 87.3. The zero-order valence-electron chi connectivity index (χ0n) is 68.9. The maximum Gasteiger partial charge on any atom is 0.333 e. The second-order valence-corrected chi connectivity index (χ2v) is 30.3. The maximum atomic E-state index is 16.6. The van der Waals surface area contributed by atoms with Gasteiger partial charge in [0.1, 0.15) is 58.1 Å². The number of hydrogen-bond donors (Lipinski definition) is 0. The minimum Gasteiger partial charge on any atom is -0.462 e. The number of anilines is 4. The van der Waals surface area contributed by atoms with Crippen LogP contribution in [-0.2, 0) is 73.4 Å². The average Bonchev–Trinajstić information content (AvgIpc) is 0.669. The molecule has 0 fully saturated rings. The number of hydrogen-bond acceptors (Lipinski definition) is 18. The number of para-hydroxylation sites is 4. The third-order valence-electron chi connectivity index (χ3n) is 21.4. The maximum absolute atomic E-state index is 16.6. The number of imide groups is 2. The predicted molar refractivity (Wildman–Crippen MR) is 472 cm³/mol. The molecule has 0 spiro atoms. The molecule has 2 aliphatic rings. The molecule has 13 aromatic rings. The topological polar surface area (TPSA) is 258 Å². The molecule has 22 nitrogen and oxygen atoms in total. The highest BCUT2D eigenvalue weighted by atomic mass is 16.5. The first-order valence-electron chi connectivity index (χ1n) is 40.2. The van der Waals surface area contributed by atoms with Crippen LogP contribution in [0.15, 0.2) is 291 Å². The minimum atomic E-state index is -1.55. The van der Waals surface area contributed by atoms with E-state index in [4.69, 9.17) is 37.9 Å². The van der Waals surface area contributed by atoms with Crippen LogP contribution in [0.4, 0.5) is 22.7 Å². The molecule has 0 aliphatic carbocycles. The van der Waals surface area contributed by atoms with Crippen molar-refractivity contribution in [1.29, 1.82) is 0 Å². The average molecular weight is 1650 g/mol. The fraction of sp³-hybridized carbons (Fsp3) is 0.157. The van der Waals surface area contributed by atoms with Crippen LogP contribution in [0, 0.1) is 0 Å². The van der Waals surface area contributed by atoms with Gasteiger partial charge in [0.05, 0.1) is 48.7 Å². The van der Waals surface area contributed by atoms with Gasteiger partial charge in [-0.05, 0) is 185 Å². The molecule has 15 rings (SSSR count). The summed E-state index contributed by atoms with van der Waals surface area (Å²) in [6, 6.07) is 65.7. The molecular formula is C102H84N4O18. The summed E-state index contributed by atoms with van der Waals surface area (Å²) in [5.74, 6) is -6.72. The SMILES string of the molecule is C=C(C)C(=O)OCCc1ccc(Oc2cc3c4c(cc(Oc5ccc(CCOC(=O)C(=C)C)cc5)c5c6c(Oc7ccc(CCOC(=O)C(=C)C)cc7)cc7c8c(cc(Oc9ccc(CCOC(=O)C(=C)C)cc9)c(c2c45)c86)C(=O)N(C(C)C(=O)N(c2ccccc2)c2ccccc2)C7=O)C(=O)N(C(C)C(=O)N(c2ccccc2)c2ccccc2)C3=O)cc1. The van der Waals surface area contributed by atoms with Gasteiger partial charge in [0, 0.05) is 114 Å². The quantitative estimate of drug-likeness (QED) is 0.00947. The Morgan fingerprint density at radius 2 is 0.492 bits per heavy atom. The van der Waals surface area contributed by atoms with Crippen molar-refractivity contribution in [1.82, 2.24) is 9.80 Å². The number of fused-ring (bicyclic) bond motifs is 2. The summed E-state index contributed by atoms with van der Waals surface area (Å²) in [6.45, 7) is 24.0. The summed E-state index contributed by atoms with van der Waals surface area (Å²) < 4.78 is 51.3. The minimum absolute atomic E-state index is 0.0107. The Labute approximate surface area is 714 Å². The zero-order valence-corrected chi connectivity index (χ0v) is 68.9. The molecule has 620 valence electrons. The van der Waals surface area contributed by atoms with Crippen LogP contribution >= 0.6 is 0 Å². The van der Waals surface area contributed by atoms with E-state index in [-0.39, 0.29) is 186 Å². The number of esters is 4. The lowest BCUT2D eigenvalue weighted by atomic mass is 9.80. The first-order valence-corrected chi connectivity index (χ1v) is 40.2. The summed E-state index contributed by atoms with van der Waals surface area (Å²) >= 11 is 0. The number of ether oxygens (including phenoxy) is 8. The van der Waals surface area contributed by atoms with Gasteiger partial charge < -0.3 is 37.9 Å². The summed E-state index contributed by atoms with van der Waals surface area (Å²) in [5, 5.41) is 0.877. The first kappa shape index (κ1) is 83.5. The highest BCUT2D eigenvalue weighted by Crippen LogP contribution is 2.58. The molecule has 0 N–H and O–H groups in total. The molecule has 0 saturated carbocycles. The Balaban J connectivity index is 1.03. The Hall–Kier alpha value is -15.6. The Kier molecular flexibility index (Phi) is 24.1. The Bertz CT molecular complexity index is 5740. The second-order valence-electron chi connectivity index (χ2n) is 30.3. The third kappa shape index (κ3) is 16.9. The highest BCUT2D eigenvalue weighted by molar-refractivity contribution is 6.45. The van der Waals surface area contributed by atoms with E-state index in [1.54, 1.807) is 246 Å². The summed E-state index contributed by atoms with van der Waals surface area (Å²) in [4.78, 5) is 153. The predicted octanol–water partition coefficient (Wildman–Crippen LogP) is 20.3. The molecule has 0 radical (unpaired) electrons. The van der Waals surface area contributed by atoms with Crippen molar-refractivity contribution in [2.45, 2.75) is 79.3 Å². The number of carbonyl (C=O) groups excluding carboxylic acids is 10. The van der Waals surface area contributed by atoms with E-state index in [2.05, 4.69) is 26.3 Å². The van der Waals surface area contributed by atoms with Gasteiger partial charge >= 0.3 is 23.9 Å². The summed E-state index contributed by atoms with van der Waals surface area (Å²) in [7, 11) is 0. The van der Waals surface area contributed by atoms with Crippen molar-refractivity contribution < 1.29 is 85.8 Å². The largest absolute Gasteiger partial charge is 0.462 e. The van der Waals surface area contributed by atoms with Gasteiger partial charge in [0.2, 0.25) is 0 Å². The molecule has 0 saturated heterocycles. The van der Waals surface area contributed by atoms with E-state index in [1.165, 1.54) is 47.9 Å². The van der Waals surface area contributed by atoms with Gasteiger partial charge in [-0.15, -0.1) is 0 Å². The van der Waals surface area contributed by atoms with Gasteiger partial charge in [-0.3, -0.25) is 48.4 Å². The fourth-order valence-electron chi connectivity index (χ4n) is 15.2. The van der Waals surface area contributed by atoms with E-state index < -0.39 is 71.4 Å². The van der Waals surface area contributed by atoms with Gasteiger partial charge in [-0.1, -0.05) is 148 Å². The van der Waals surface area contributed by atoms with Crippen LogP contribution in [0.25, 0.3) is 43.1 Å². The molecule has 2 heterocycles. The molecule has 0 aromatic heterocycles. The van der Waals surface area contributed by atoms with Crippen molar-refractivity contribution in [3.8, 4) is 46.0 Å². The van der Waals surface area contributed by atoms with Gasteiger partial charge in [-0.2, -0.15) is 0 Å².